The Balaban J connectivity index is 3.07. The average molecular weight is 319 g/mol. The Hall–Kier alpha value is -0.810. The van der Waals surface area contributed by atoms with Crippen molar-refractivity contribution in [2.45, 2.75) is 12.5 Å². The van der Waals surface area contributed by atoms with Crippen molar-refractivity contribution in [3.05, 3.63) is 33.8 Å². The van der Waals surface area contributed by atoms with Crippen LogP contribution in [0.5, 0.6) is 0 Å². The minimum Gasteiger partial charge on any atom is -0.467 e. The first-order valence-electron chi connectivity index (χ1n) is 6.25. The van der Waals surface area contributed by atoms with Gasteiger partial charge >= 0.3 is 5.97 Å². The van der Waals surface area contributed by atoms with Gasteiger partial charge in [0.25, 0.3) is 0 Å². The van der Waals surface area contributed by atoms with Gasteiger partial charge in [-0.15, -0.1) is 0 Å². The van der Waals surface area contributed by atoms with Gasteiger partial charge in [0.2, 0.25) is 0 Å². The Labute approximate surface area is 130 Å². The summed E-state index contributed by atoms with van der Waals surface area (Å²) < 4.78 is 4.91. The summed E-state index contributed by atoms with van der Waals surface area (Å²) in [6.07, 6.45) is 0. The standard InChI is InChI=1S/C14H20Cl2N2O2/c1-14(13(19)20-4,17-7-8-18(2)3)11-6-5-10(15)9-12(11)16/h5-6,9,17H,7-8H2,1-4H3. The molecule has 1 aromatic rings. The Kier molecular flexibility index (Phi) is 6.27. The van der Waals surface area contributed by atoms with Gasteiger partial charge in [-0.3, -0.25) is 5.32 Å². The summed E-state index contributed by atoms with van der Waals surface area (Å²) >= 11 is 12.1. The van der Waals surface area contributed by atoms with Crippen LogP contribution in [-0.2, 0) is 15.1 Å². The molecule has 1 aromatic carbocycles. The predicted molar refractivity (Wildman–Crippen MR) is 82.4 cm³/mol. The zero-order valence-electron chi connectivity index (χ0n) is 12.2. The number of rotatable bonds is 6. The number of hydrogen-bond acceptors (Lipinski definition) is 4. The Morgan fingerprint density at radius 1 is 1.40 bits per heavy atom. The molecule has 1 N–H and O–H groups in total. The Morgan fingerprint density at radius 3 is 2.55 bits per heavy atom. The maximum atomic E-state index is 12.2. The number of carbonyl (C=O) groups is 1. The van der Waals surface area contributed by atoms with Gasteiger partial charge in [-0.2, -0.15) is 0 Å². The van der Waals surface area contributed by atoms with E-state index >= 15 is 0 Å². The Bertz CT molecular complexity index is 480. The van der Waals surface area contributed by atoms with Crippen molar-refractivity contribution < 1.29 is 9.53 Å². The van der Waals surface area contributed by atoms with Gasteiger partial charge in [-0.25, -0.2) is 4.79 Å². The van der Waals surface area contributed by atoms with E-state index in [0.29, 0.717) is 22.2 Å². The highest BCUT2D eigenvalue weighted by Crippen LogP contribution is 2.31. The van der Waals surface area contributed by atoms with E-state index in [1.165, 1.54) is 7.11 Å². The predicted octanol–water partition coefficient (Wildman–Crippen LogP) is 2.53. The van der Waals surface area contributed by atoms with Crippen molar-refractivity contribution in [3.8, 4) is 0 Å². The van der Waals surface area contributed by atoms with Crippen LogP contribution in [0.1, 0.15) is 12.5 Å². The van der Waals surface area contributed by atoms with Crippen molar-refractivity contribution in [2.75, 3.05) is 34.3 Å². The molecule has 0 amide bonds. The molecule has 0 saturated carbocycles. The maximum absolute atomic E-state index is 12.2. The van der Waals surface area contributed by atoms with Crippen molar-refractivity contribution in [3.63, 3.8) is 0 Å². The molecule has 4 nitrogen and oxygen atoms in total. The molecule has 0 heterocycles. The molecule has 0 saturated heterocycles. The summed E-state index contributed by atoms with van der Waals surface area (Å²) in [4.78, 5) is 14.2. The highest BCUT2D eigenvalue weighted by Gasteiger charge is 2.37. The number of halogens is 2. The van der Waals surface area contributed by atoms with Gasteiger partial charge in [0.15, 0.2) is 0 Å². The molecule has 6 heteroatoms. The Morgan fingerprint density at radius 2 is 2.05 bits per heavy atom. The van der Waals surface area contributed by atoms with Crippen LogP contribution >= 0.6 is 23.2 Å². The number of likely N-dealkylation sites (N-methyl/N-ethyl adjacent to an activating group) is 1. The molecule has 0 aliphatic heterocycles. The van der Waals surface area contributed by atoms with E-state index in [1.807, 2.05) is 19.0 Å². The first-order chi connectivity index (χ1) is 9.31. The van der Waals surface area contributed by atoms with Crippen molar-refractivity contribution >= 4 is 29.2 Å². The highest BCUT2D eigenvalue weighted by atomic mass is 35.5. The number of methoxy groups -OCH3 is 1. The third kappa shape index (κ3) is 4.09. The lowest BCUT2D eigenvalue weighted by Gasteiger charge is -2.30. The van der Waals surface area contributed by atoms with Crippen LogP contribution < -0.4 is 5.32 Å². The molecule has 20 heavy (non-hydrogen) atoms. The first-order valence-corrected chi connectivity index (χ1v) is 7.00. The zero-order valence-corrected chi connectivity index (χ0v) is 13.7. The van der Waals surface area contributed by atoms with E-state index in [4.69, 9.17) is 27.9 Å². The average Bonchev–Trinajstić information content (AvgIpc) is 2.36. The molecule has 0 aromatic heterocycles. The smallest absolute Gasteiger partial charge is 0.330 e. The highest BCUT2D eigenvalue weighted by molar-refractivity contribution is 6.35. The van der Waals surface area contributed by atoms with Crippen LogP contribution in [0.3, 0.4) is 0 Å². The topological polar surface area (TPSA) is 41.6 Å². The van der Waals surface area contributed by atoms with E-state index in [9.17, 15) is 4.79 Å². The third-order valence-corrected chi connectivity index (χ3v) is 3.65. The van der Waals surface area contributed by atoms with Gasteiger partial charge in [0, 0.05) is 28.7 Å². The van der Waals surface area contributed by atoms with Crippen LogP contribution in [0, 0.1) is 0 Å². The maximum Gasteiger partial charge on any atom is 0.330 e. The molecule has 1 atom stereocenters. The second-order valence-corrected chi connectivity index (χ2v) is 5.81. The second kappa shape index (κ2) is 7.27. The lowest BCUT2D eigenvalue weighted by molar-refractivity contribution is -0.148. The van der Waals surface area contributed by atoms with Gasteiger partial charge in [-0.1, -0.05) is 29.3 Å². The monoisotopic (exact) mass is 318 g/mol. The largest absolute Gasteiger partial charge is 0.467 e. The molecule has 0 spiro atoms. The lowest BCUT2D eigenvalue weighted by Crippen LogP contribution is -2.49. The number of nitrogens with one attached hydrogen (secondary N) is 1. The fraction of sp³-hybridized carbons (Fsp3) is 0.500. The van der Waals surface area contributed by atoms with E-state index in [1.54, 1.807) is 25.1 Å². The summed E-state index contributed by atoms with van der Waals surface area (Å²) in [5, 5.41) is 4.17. The molecule has 1 rings (SSSR count). The fourth-order valence-corrected chi connectivity index (χ4v) is 2.50. The summed E-state index contributed by atoms with van der Waals surface area (Å²) in [5.41, 5.74) is -0.360. The molecule has 0 aliphatic carbocycles. The van der Waals surface area contributed by atoms with Crippen molar-refractivity contribution in [1.29, 1.82) is 0 Å². The molecular weight excluding hydrogens is 299 g/mol. The third-order valence-electron chi connectivity index (χ3n) is 3.10. The van der Waals surface area contributed by atoms with Gasteiger partial charge in [-0.05, 0) is 33.2 Å². The van der Waals surface area contributed by atoms with Gasteiger partial charge in [0.05, 0.1) is 7.11 Å². The van der Waals surface area contributed by atoms with E-state index in [0.717, 1.165) is 6.54 Å². The summed E-state index contributed by atoms with van der Waals surface area (Å²) in [5.74, 6) is -0.388. The number of nitrogens with zero attached hydrogens (tertiary/aromatic N) is 1. The summed E-state index contributed by atoms with van der Waals surface area (Å²) in [6, 6.07) is 5.06. The zero-order chi connectivity index (χ0) is 15.3. The van der Waals surface area contributed by atoms with Crippen LogP contribution in [-0.4, -0.2) is 45.2 Å². The van der Waals surface area contributed by atoms with Crippen LogP contribution in [0.15, 0.2) is 18.2 Å². The summed E-state index contributed by atoms with van der Waals surface area (Å²) in [7, 11) is 5.29. The number of ether oxygens (including phenoxy) is 1. The molecule has 1 unspecified atom stereocenters. The fourth-order valence-electron chi connectivity index (χ4n) is 1.91. The SMILES string of the molecule is COC(=O)C(C)(NCCN(C)C)c1ccc(Cl)cc1Cl. The number of carbonyl (C=O) groups excluding carboxylic acids is 1. The van der Waals surface area contributed by atoms with Gasteiger partial charge in [0.1, 0.15) is 5.54 Å². The quantitative estimate of drug-likeness (QED) is 0.818. The molecule has 0 fully saturated rings. The van der Waals surface area contributed by atoms with Crippen LogP contribution in [0.25, 0.3) is 0 Å². The molecular formula is C14H20Cl2N2O2. The molecule has 0 aliphatic rings. The van der Waals surface area contributed by atoms with Crippen molar-refractivity contribution in [1.82, 2.24) is 10.2 Å². The van der Waals surface area contributed by atoms with Crippen LogP contribution in [0.2, 0.25) is 10.0 Å². The van der Waals surface area contributed by atoms with Crippen molar-refractivity contribution in [2.24, 2.45) is 0 Å². The molecule has 112 valence electrons. The minimum atomic E-state index is -1.01. The number of benzene rings is 1. The second-order valence-electron chi connectivity index (χ2n) is 4.97. The number of hydrogen-bond donors (Lipinski definition) is 1. The molecule has 0 bridgehead atoms. The van der Waals surface area contributed by atoms with E-state index in [-0.39, 0.29) is 5.97 Å². The van der Waals surface area contributed by atoms with E-state index in [2.05, 4.69) is 5.32 Å². The normalized spacial score (nSPS) is 14.2. The summed E-state index contributed by atoms with van der Waals surface area (Å²) in [6.45, 7) is 3.17. The lowest BCUT2D eigenvalue weighted by atomic mass is 9.92. The van der Waals surface area contributed by atoms with Crippen LogP contribution in [0.4, 0.5) is 0 Å². The van der Waals surface area contributed by atoms with Gasteiger partial charge < -0.3 is 9.64 Å². The minimum absolute atomic E-state index is 0.388. The molecule has 0 radical (unpaired) electrons. The first kappa shape index (κ1) is 17.2. The number of esters is 1. The van der Waals surface area contributed by atoms with E-state index < -0.39 is 5.54 Å².